The molecule has 0 aliphatic carbocycles. The maximum atomic E-state index is 9.79. The Bertz CT molecular complexity index is 617. The molecule has 18 heavy (non-hydrogen) atoms. The van der Waals surface area contributed by atoms with Crippen molar-refractivity contribution in [1.82, 2.24) is 0 Å². The Balaban J connectivity index is 1.96. The minimum absolute atomic E-state index is 0.195. The first-order valence-corrected chi connectivity index (χ1v) is 5.47. The van der Waals surface area contributed by atoms with Crippen LogP contribution in [0.25, 0.3) is 0 Å². The van der Waals surface area contributed by atoms with Crippen LogP contribution < -0.4 is 5.73 Å². The molecule has 1 aromatic rings. The molecule has 3 rings (SSSR count). The van der Waals surface area contributed by atoms with Crippen LogP contribution >= 0.6 is 0 Å². The third kappa shape index (κ3) is 1.63. The lowest BCUT2D eigenvalue weighted by Crippen LogP contribution is -2.52. The molecule has 6 nitrogen and oxygen atoms in total. The predicted octanol–water partition coefficient (Wildman–Crippen LogP) is 0.513. The monoisotopic (exact) mass is 241 g/mol. The van der Waals surface area contributed by atoms with Crippen LogP contribution in [-0.2, 0) is 6.42 Å². The number of aromatic hydroxyl groups is 1. The second-order valence-electron chi connectivity index (χ2n) is 4.15. The minimum atomic E-state index is -1.02. The SMILES string of the molecule is NC1(Cc2ccccc2O)N=CN=C2N=CN=C21. The lowest BCUT2D eigenvalue weighted by Gasteiger charge is -2.26. The number of rotatable bonds is 2. The Morgan fingerprint density at radius 2 is 2.00 bits per heavy atom. The van der Waals surface area contributed by atoms with E-state index >= 15 is 0 Å². The molecule has 2 aliphatic heterocycles. The first-order valence-electron chi connectivity index (χ1n) is 5.47. The fraction of sp³-hybridized carbons (Fsp3) is 0.167. The summed E-state index contributed by atoms with van der Waals surface area (Å²) in [6.45, 7) is 0. The molecule has 0 amide bonds. The zero-order valence-electron chi connectivity index (χ0n) is 9.48. The van der Waals surface area contributed by atoms with Gasteiger partial charge in [-0.1, -0.05) is 18.2 Å². The summed E-state index contributed by atoms with van der Waals surface area (Å²) in [5, 5.41) is 9.79. The molecule has 6 heteroatoms. The van der Waals surface area contributed by atoms with Crippen LogP contribution in [0.4, 0.5) is 0 Å². The summed E-state index contributed by atoms with van der Waals surface area (Å²) in [6, 6.07) is 7.02. The first-order chi connectivity index (χ1) is 8.69. The van der Waals surface area contributed by atoms with E-state index in [1.165, 1.54) is 12.7 Å². The molecule has 1 unspecified atom stereocenters. The molecule has 2 heterocycles. The lowest BCUT2D eigenvalue weighted by atomic mass is 9.94. The highest BCUT2D eigenvalue weighted by atomic mass is 16.3. The first kappa shape index (κ1) is 10.8. The number of para-hydroxylation sites is 1. The average molecular weight is 241 g/mol. The van der Waals surface area contributed by atoms with Crippen LogP contribution in [0.3, 0.4) is 0 Å². The van der Waals surface area contributed by atoms with Crippen molar-refractivity contribution in [3.05, 3.63) is 29.8 Å². The van der Waals surface area contributed by atoms with E-state index in [1.807, 2.05) is 6.07 Å². The fourth-order valence-electron chi connectivity index (χ4n) is 1.99. The Labute approximate surface area is 103 Å². The Hall–Kier alpha value is -2.34. The van der Waals surface area contributed by atoms with Crippen molar-refractivity contribution in [1.29, 1.82) is 0 Å². The summed E-state index contributed by atoms with van der Waals surface area (Å²) in [5.74, 6) is 0.684. The number of phenolic OH excluding ortho intramolecular Hbond substituents is 1. The number of benzene rings is 1. The van der Waals surface area contributed by atoms with Crippen LogP contribution in [0, 0.1) is 0 Å². The summed E-state index contributed by atoms with van der Waals surface area (Å²) in [5.41, 5.74) is 6.47. The number of fused-ring (bicyclic) bond motifs is 1. The molecule has 0 bridgehead atoms. The molecule has 0 saturated heterocycles. The standard InChI is InChI=1S/C12H11N5O/c13-12(5-8-3-1-2-4-9(8)18)10-11(15-6-14-10)16-7-17-12/h1-4,6-7,18H,5,13H2. The van der Waals surface area contributed by atoms with Crippen LogP contribution in [-0.4, -0.2) is 35.0 Å². The maximum Gasteiger partial charge on any atom is 0.180 e. The smallest absolute Gasteiger partial charge is 0.180 e. The van der Waals surface area contributed by atoms with Gasteiger partial charge in [-0.05, 0) is 11.6 Å². The molecule has 2 aliphatic rings. The number of amidine groups is 1. The van der Waals surface area contributed by atoms with Gasteiger partial charge in [-0.3, -0.25) is 0 Å². The van der Waals surface area contributed by atoms with Gasteiger partial charge in [-0.25, -0.2) is 20.0 Å². The van der Waals surface area contributed by atoms with E-state index < -0.39 is 5.66 Å². The highest BCUT2D eigenvalue weighted by Crippen LogP contribution is 2.25. The van der Waals surface area contributed by atoms with Gasteiger partial charge >= 0.3 is 0 Å². The van der Waals surface area contributed by atoms with Crippen molar-refractivity contribution >= 4 is 24.2 Å². The van der Waals surface area contributed by atoms with Gasteiger partial charge < -0.3 is 10.8 Å². The van der Waals surface area contributed by atoms with E-state index in [1.54, 1.807) is 18.2 Å². The molecule has 0 aromatic heterocycles. The Morgan fingerprint density at radius 1 is 1.17 bits per heavy atom. The van der Waals surface area contributed by atoms with E-state index in [0.717, 1.165) is 0 Å². The van der Waals surface area contributed by atoms with E-state index in [0.29, 0.717) is 23.5 Å². The third-order valence-corrected chi connectivity index (χ3v) is 2.91. The van der Waals surface area contributed by atoms with Gasteiger partial charge in [0.1, 0.15) is 24.1 Å². The van der Waals surface area contributed by atoms with Gasteiger partial charge in [0.25, 0.3) is 0 Å². The lowest BCUT2D eigenvalue weighted by molar-refractivity contribution is 0.460. The Morgan fingerprint density at radius 3 is 2.83 bits per heavy atom. The van der Waals surface area contributed by atoms with Crippen LogP contribution in [0.15, 0.2) is 44.2 Å². The number of nitrogens with zero attached hydrogens (tertiary/aromatic N) is 4. The number of nitrogens with two attached hydrogens (primary N) is 1. The molecule has 1 aromatic carbocycles. The molecular formula is C12H11N5O. The van der Waals surface area contributed by atoms with Crippen molar-refractivity contribution in [3.8, 4) is 5.75 Å². The van der Waals surface area contributed by atoms with Crippen molar-refractivity contribution in [2.45, 2.75) is 12.1 Å². The van der Waals surface area contributed by atoms with Gasteiger partial charge in [0.15, 0.2) is 11.5 Å². The molecule has 0 fully saturated rings. The maximum absolute atomic E-state index is 9.79. The summed E-state index contributed by atoms with van der Waals surface area (Å²) >= 11 is 0. The van der Waals surface area contributed by atoms with Gasteiger partial charge in [0.2, 0.25) is 0 Å². The summed E-state index contributed by atoms with van der Waals surface area (Å²) < 4.78 is 0. The fourth-order valence-corrected chi connectivity index (χ4v) is 1.99. The van der Waals surface area contributed by atoms with Crippen LogP contribution in [0.1, 0.15) is 5.56 Å². The van der Waals surface area contributed by atoms with Gasteiger partial charge in [-0.2, -0.15) is 0 Å². The van der Waals surface area contributed by atoms with E-state index in [4.69, 9.17) is 5.73 Å². The van der Waals surface area contributed by atoms with E-state index in [-0.39, 0.29) is 5.75 Å². The van der Waals surface area contributed by atoms with Crippen molar-refractivity contribution in [3.63, 3.8) is 0 Å². The molecule has 1 atom stereocenters. The van der Waals surface area contributed by atoms with Crippen LogP contribution in [0.2, 0.25) is 0 Å². The molecular weight excluding hydrogens is 230 g/mol. The minimum Gasteiger partial charge on any atom is -0.508 e. The Kier molecular flexibility index (Phi) is 2.31. The molecule has 0 radical (unpaired) electrons. The summed E-state index contributed by atoms with van der Waals surface area (Å²) in [6.07, 6.45) is 3.14. The number of phenols is 1. The highest BCUT2D eigenvalue weighted by Gasteiger charge is 2.38. The van der Waals surface area contributed by atoms with Crippen molar-refractivity contribution in [2.75, 3.05) is 0 Å². The molecule has 0 spiro atoms. The zero-order chi connectivity index (χ0) is 12.6. The normalized spacial score (nSPS) is 24.7. The average Bonchev–Trinajstić information content (AvgIpc) is 2.82. The summed E-state index contributed by atoms with van der Waals surface area (Å²) in [4.78, 5) is 16.3. The number of hydrogen-bond acceptors (Lipinski definition) is 6. The quantitative estimate of drug-likeness (QED) is 0.789. The second-order valence-corrected chi connectivity index (χ2v) is 4.15. The van der Waals surface area contributed by atoms with Crippen LogP contribution in [0.5, 0.6) is 5.75 Å². The summed E-state index contributed by atoms with van der Waals surface area (Å²) in [7, 11) is 0. The van der Waals surface area contributed by atoms with Crippen molar-refractivity contribution in [2.24, 2.45) is 25.7 Å². The van der Waals surface area contributed by atoms with Gasteiger partial charge in [0, 0.05) is 6.42 Å². The van der Waals surface area contributed by atoms with E-state index in [2.05, 4.69) is 20.0 Å². The van der Waals surface area contributed by atoms with E-state index in [9.17, 15) is 5.11 Å². The molecule has 3 N–H and O–H groups in total. The zero-order valence-corrected chi connectivity index (χ0v) is 9.48. The van der Waals surface area contributed by atoms with Gasteiger partial charge in [-0.15, -0.1) is 0 Å². The number of hydrogen-bond donors (Lipinski definition) is 2. The largest absolute Gasteiger partial charge is 0.508 e. The third-order valence-electron chi connectivity index (χ3n) is 2.91. The molecule has 0 saturated carbocycles. The highest BCUT2D eigenvalue weighted by molar-refractivity contribution is 6.50. The molecule has 90 valence electrons. The topological polar surface area (TPSA) is 95.7 Å². The second kappa shape index (κ2) is 3.85. The van der Waals surface area contributed by atoms with Crippen molar-refractivity contribution < 1.29 is 5.11 Å². The predicted molar refractivity (Wildman–Crippen MR) is 70.6 cm³/mol. The number of aliphatic imine (C=N–C) groups is 4. The van der Waals surface area contributed by atoms with Gasteiger partial charge in [0.05, 0.1) is 0 Å².